The quantitative estimate of drug-likeness (QED) is 0.648. The Morgan fingerprint density at radius 2 is 1.77 bits per heavy atom. The lowest BCUT2D eigenvalue weighted by molar-refractivity contribution is -0.136. The summed E-state index contributed by atoms with van der Waals surface area (Å²) in [5.41, 5.74) is 3.85. The monoisotopic (exact) mass is 368 g/mol. The van der Waals surface area contributed by atoms with E-state index in [1.165, 1.54) is 0 Å². The molecule has 0 atom stereocenters. The maximum absolute atomic E-state index is 10.8. The zero-order valence-corrected chi connectivity index (χ0v) is 15.5. The third-order valence-corrected chi connectivity index (χ3v) is 4.91. The maximum atomic E-state index is 10.8. The number of carboxylic acids is 1. The Balaban J connectivity index is 1.69. The zero-order chi connectivity index (χ0) is 18.5. The Morgan fingerprint density at radius 1 is 1.12 bits per heavy atom. The van der Waals surface area contributed by atoms with Gasteiger partial charge in [0.15, 0.2) is 5.13 Å². The molecular formula is C20H20N2O3S. The Kier molecular flexibility index (Phi) is 5.53. The maximum Gasteiger partial charge on any atom is 0.307 e. The van der Waals surface area contributed by atoms with Gasteiger partial charge in [-0.15, -0.1) is 11.3 Å². The average molecular weight is 368 g/mol. The minimum atomic E-state index is -0.826. The molecule has 134 valence electrons. The van der Waals surface area contributed by atoms with E-state index in [0.717, 1.165) is 38.1 Å². The Bertz CT molecular complexity index is 886. The first-order chi connectivity index (χ1) is 12.5. The Morgan fingerprint density at radius 3 is 2.38 bits per heavy atom. The first kappa shape index (κ1) is 17.9. The highest BCUT2D eigenvalue weighted by Gasteiger charge is 2.10. The van der Waals surface area contributed by atoms with Crippen LogP contribution >= 0.6 is 11.3 Å². The summed E-state index contributed by atoms with van der Waals surface area (Å²) in [5.74, 6) is 0.0140. The van der Waals surface area contributed by atoms with Gasteiger partial charge >= 0.3 is 5.97 Å². The number of anilines is 1. The third-order valence-electron chi connectivity index (χ3n) is 3.98. The Hall–Kier alpha value is -2.86. The number of ether oxygens (including phenoxy) is 1. The molecule has 0 aliphatic rings. The second-order valence-electron chi connectivity index (χ2n) is 5.89. The highest BCUT2D eigenvalue weighted by molar-refractivity contribution is 7.16. The summed E-state index contributed by atoms with van der Waals surface area (Å²) in [6, 6.07) is 15.5. The van der Waals surface area contributed by atoms with Gasteiger partial charge in [0.05, 0.1) is 19.2 Å². The summed E-state index contributed by atoms with van der Waals surface area (Å²) in [6.07, 6.45) is 0.0327. The van der Waals surface area contributed by atoms with Crippen LogP contribution in [0.25, 0.3) is 11.3 Å². The number of thiazole rings is 1. The standard InChI is InChI=1S/C20H20N2O3S/c1-13-19(16-7-3-14(4-8-16)11-18(23)24)22-20(26-13)21-12-15-5-9-17(25-2)10-6-15/h3-10H,11-12H2,1-2H3,(H,21,22)(H,23,24). The second-order valence-corrected chi connectivity index (χ2v) is 7.10. The smallest absolute Gasteiger partial charge is 0.307 e. The van der Waals surface area contributed by atoms with Crippen molar-refractivity contribution >= 4 is 22.4 Å². The zero-order valence-electron chi connectivity index (χ0n) is 14.7. The lowest BCUT2D eigenvalue weighted by Crippen LogP contribution is -1.99. The third kappa shape index (κ3) is 4.40. The fourth-order valence-electron chi connectivity index (χ4n) is 2.62. The number of nitrogens with one attached hydrogen (secondary N) is 1. The molecular weight excluding hydrogens is 348 g/mol. The summed E-state index contributed by atoms with van der Waals surface area (Å²) in [6.45, 7) is 2.73. The lowest BCUT2D eigenvalue weighted by atomic mass is 10.1. The number of methoxy groups -OCH3 is 1. The molecule has 1 heterocycles. The topological polar surface area (TPSA) is 71.5 Å². The molecule has 2 aromatic carbocycles. The molecule has 0 aliphatic heterocycles. The summed E-state index contributed by atoms with van der Waals surface area (Å²) < 4.78 is 5.17. The van der Waals surface area contributed by atoms with Crippen LogP contribution in [0, 0.1) is 6.92 Å². The highest BCUT2D eigenvalue weighted by Crippen LogP contribution is 2.30. The first-order valence-electron chi connectivity index (χ1n) is 8.20. The van der Waals surface area contributed by atoms with Crippen LogP contribution in [0.5, 0.6) is 5.75 Å². The fourth-order valence-corrected chi connectivity index (χ4v) is 3.45. The summed E-state index contributed by atoms with van der Waals surface area (Å²) in [4.78, 5) is 16.6. The van der Waals surface area contributed by atoms with Crippen molar-refractivity contribution < 1.29 is 14.6 Å². The minimum Gasteiger partial charge on any atom is -0.497 e. The number of rotatable bonds is 7. The van der Waals surface area contributed by atoms with Crippen LogP contribution in [-0.4, -0.2) is 23.2 Å². The fraction of sp³-hybridized carbons (Fsp3) is 0.200. The van der Waals surface area contributed by atoms with E-state index in [0.29, 0.717) is 6.54 Å². The van der Waals surface area contributed by atoms with Crippen LogP contribution in [0.4, 0.5) is 5.13 Å². The van der Waals surface area contributed by atoms with E-state index in [2.05, 4.69) is 10.3 Å². The molecule has 0 bridgehead atoms. The number of benzene rings is 2. The summed E-state index contributed by atoms with van der Waals surface area (Å²) in [7, 11) is 1.65. The number of carbonyl (C=O) groups is 1. The molecule has 6 heteroatoms. The Labute approximate surface area is 156 Å². The normalized spacial score (nSPS) is 10.5. The molecule has 0 unspecified atom stereocenters. The van der Waals surface area contributed by atoms with Crippen molar-refractivity contribution in [2.45, 2.75) is 19.9 Å². The molecule has 0 aliphatic carbocycles. The van der Waals surface area contributed by atoms with E-state index in [1.807, 2.05) is 55.5 Å². The number of hydrogen-bond donors (Lipinski definition) is 2. The van der Waals surface area contributed by atoms with Gasteiger partial charge < -0.3 is 15.2 Å². The van der Waals surface area contributed by atoms with Crippen LogP contribution in [0.1, 0.15) is 16.0 Å². The molecule has 0 saturated carbocycles. The molecule has 2 N–H and O–H groups in total. The van der Waals surface area contributed by atoms with Gasteiger partial charge in [-0.2, -0.15) is 0 Å². The molecule has 3 aromatic rings. The van der Waals surface area contributed by atoms with Crippen molar-refractivity contribution in [1.29, 1.82) is 0 Å². The summed E-state index contributed by atoms with van der Waals surface area (Å²) >= 11 is 1.61. The molecule has 0 amide bonds. The van der Waals surface area contributed by atoms with Gasteiger partial charge in [-0.05, 0) is 30.2 Å². The number of aryl methyl sites for hydroxylation is 1. The van der Waals surface area contributed by atoms with Crippen molar-refractivity contribution in [3.8, 4) is 17.0 Å². The van der Waals surface area contributed by atoms with Crippen molar-refractivity contribution in [2.24, 2.45) is 0 Å². The van der Waals surface area contributed by atoms with Gasteiger partial charge in [-0.3, -0.25) is 4.79 Å². The number of nitrogens with zero attached hydrogens (tertiary/aromatic N) is 1. The van der Waals surface area contributed by atoms with Crippen LogP contribution < -0.4 is 10.1 Å². The van der Waals surface area contributed by atoms with Crippen LogP contribution in [-0.2, 0) is 17.8 Å². The number of hydrogen-bond acceptors (Lipinski definition) is 5. The van der Waals surface area contributed by atoms with E-state index < -0.39 is 5.97 Å². The van der Waals surface area contributed by atoms with E-state index in [9.17, 15) is 4.79 Å². The van der Waals surface area contributed by atoms with Crippen molar-refractivity contribution in [3.05, 3.63) is 64.5 Å². The number of aromatic nitrogens is 1. The largest absolute Gasteiger partial charge is 0.497 e. The molecule has 1 aromatic heterocycles. The molecule has 3 rings (SSSR count). The predicted molar refractivity (Wildman–Crippen MR) is 104 cm³/mol. The van der Waals surface area contributed by atoms with Crippen molar-refractivity contribution in [3.63, 3.8) is 0 Å². The molecule has 0 spiro atoms. The van der Waals surface area contributed by atoms with Crippen molar-refractivity contribution in [2.75, 3.05) is 12.4 Å². The number of aliphatic carboxylic acids is 1. The van der Waals surface area contributed by atoms with Gasteiger partial charge in [-0.1, -0.05) is 36.4 Å². The van der Waals surface area contributed by atoms with Crippen LogP contribution in [0.3, 0.4) is 0 Å². The molecule has 5 nitrogen and oxygen atoms in total. The van der Waals surface area contributed by atoms with Crippen LogP contribution in [0.15, 0.2) is 48.5 Å². The predicted octanol–water partition coefficient (Wildman–Crippen LogP) is 4.37. The van der Waals surface area contributed by atoms with Gasteiger partial charge in [-0.25, -0.2) is 4.98 Å². The van der Waals surface area contributed by atoms with Gasteiger partial charge in [0.1, 0.15) is 5.75 Å². The second kappa shape index (κ2) is 8.01. The first-order valence-corrected chi connectivity index (χ1v) is 9.02. The minimum absolute atomic E-state index is 0.0327. The van der Waals surface area contributed by atoms with Crippen molar-refractivity contribution in [1.82, 2.24) is 4.98 Å². The lowest BCUT2D eigenvalue weighted by Gasteiger charge is -2.04. The van der Waals surface area contributed by atoms with E-state index in [4.69, 9.17) is 9.84 Å². The van der Waals surface area contributed by atoms with E-state index in [1.54, 1.807) is 18.4 Å². The average Bonchev–Trinajstić information content (AvgIpc) is 3.01. The van der Waals surface area contributed by atoms with Gasteiger partial charge in [0.2, 0.25) is 0 Å². The van der Waals surface area contributed by atoms with E-state index in [-0.39, 0.29) is 6.42 Å². The van der Waals surface area contributed by atoms with E-state index >= 15 is 0 Å². The molecule has 0 fully saturated rings. The van der Waals surface area contributed by atoms with Gasteiger partial charge in [0, 0.05) is 17.0 Å². The highest BCUT2D eigenvalue weighted by atomic mass is 32.1. The molecule has 0 saturated heterocycles. The van der Waals surface area contributed by atoms with Gasteiger partial charge in [0.25, 0.3) is 0 Å². The number of carboxylic acid groups (broad SMARTS) is 1. The SMILES string of the molecule is COc1ccc(CNc2nc(-c3ccc(CC(=O)O)cc3)c(C)s2)cc1. The van der Waals surface area contributed by atoms with Crippen LogP contribution in [0.2, 0.25) is 0 Å². The summed E-state index contributed by atoms with van der Waals surface area (Å²) in [5, 5.41) is 13.1. The molecule has 0 radical (unpaired) electrons. The molecule has 26 heavy (non-hydrogen) atoms.